The Balaban J connectivity index is 2.39. The first kappa shape index (κ1) is 14.3. The third-order valence-corrected chi connectivity index (χ3v) is 3.40. The quantitative estimate of drug-likeness (QED) is 0.611. The Morgan fingerprint density at radius 3 is 2.82 bits per heavy atom. The molecule has 0 aromatic heterocycles. The van der Waals surface area contributed by atoms with Gasteiger partial charge in [-0.1, -0.05) is 25.1 Å². The molecule has 0 amide bonds. The highest BCUT2D eigenvalue weighted by atomic mass is 32.2. The minimum atomic E-state index is 0.715. The molecule has 1 aromatic carbocycles. The van der Waals surface area contributed by atoms with E-state index in [1.807, 2.05) is 17.8 Å². The van der Waals surface area contributed by atoms with Crippen molar-refractivity contribution in [3.05, 3.63) is 29.8 Å². The molecule has 1 aromatic rings. The highest BCUT2D eigenvalue weighted by molar-refractivity contribution is 7.98. The van der Waals surface area contributed by atoms with Gasteiger partial charge in [-0.3, -0.25) is 0 Å². The van der Waals surface area contributed by atoms with Gasteiger partial charge < -0.3 is 10.6 Å². The summed E-state index contributed by atoms with van der Waals surface area (Å²) in [7, 11) is 0. The summed E-state index contributed by atoms with van der Waals surface area (Å²) in [6, 6.07) is 8.27. The van der Waals surface area contributed by atoms with Crippen molar-refractivity contribution in [3.63, 3.8) is 0 Å². The molecule has 0 aliphatic rings. The van der Waals surface area contributed by atoms with Crippen LogP contribution in [0.3, 0.4) is 0 Å². The molecule has 0 spiro atoms. The lowest BCUT2D eigenvalue weighted by atomic mass is 10.1. The first-order valence-electron chi connectivity index (χ1n) is 5.89. The molecule has 2 N–H and O–H groups in total. The van der Waals surface area contributed by atoms with Crippen molar-refractivity contribution in [2.75, 3.05) is 23.9 Å². The second-order valence-electron chi connectivity index (χ2n) is 3.74. The molecule has 0 radical (unpaired) electrons. The number of hydrogen-bond donors (Lipinski definition) is 2. The Hall–Kier alpha value is -0.740. The largest absolute Gasteiger partial charge is 0.362 e. The standard InChI is InChI=1S/C13H20N2S2/c1-3-11-7-4-5-8-12(11)15-13(16)14-9-6-10-17-2/h4-5,7-8H,3,6,9-10H2,1-2H3,(H2,14,15,16). The zero-order valence-corrected chi connectivity index (χ0v) is 12.1. The van der Waals surface area contributed by atoms with Gasteiger partial charge in [0.25, 0.3) is 0 Å². The van der Waals surface area contributed by atoms with Crippen molar-refractivity contribution in [2.45, 2.75) is 19.8 Å². The summed E-state index contributed by atoms with van der Waals surface area (Å²) in [4.78, 5) is 0. The second kappa shape index (κ2) is 8.37. The van der Waals surface area contributed by atoms with Crippen molar-refractivity contribution in [1.29, 1.82) is 0 Å². The molecule has 0 unspecified atom stereocenters. The van der Waals surface area contributed by atoms with E-state index in [1.54, 1.807) is 0 Å². The fourth-order valence-corrected chi connectivity index (χ4v) is 2.18. The van der Waals surface area contributed by atoms with Gasteiger partial charge in [0.05, 0.1) is 0 Å². The molecule has 0 fully saturated rings. The SMILES string of the molecule is CCc1ccccc1NC(=S)NCCCSC. The molecule has 0 saturated heterocycles. The van der Waals surface area contributed by atoms with Crippen LogP contribution in [0.25, 0.3) is 0 Å². The van der Waals surface area contributed by atoms with Crippen LogP contribution in [0.2, 0.25) is 0 Å². The Morgan fingerprint density at radius 1 is 1.35 bits per heavy atom. The average Bonchev–Trinajstić information content (AvgIpc) is 2.35. The molecule has 4 heteroatoms. The Bertz CT molecular complexity index is 353. The summed E-state index contributed by atoms with van der Waals surface area (Å²) >= 11 is 7.12. The maximum Gasteiger partial charge on any atom is 0.170 e. The molecule has 0 aliphatic heterocycles. The second-order valence-corrected chi connectivity index (χ2v) is 5.13. The molecule has 0 aliphatic carbocycles. The van der Waals surface area contributed by atoms with Crippen LogP contribution >= 0.6 is 24.0 Å². The lowest BCUT2D eigenvalue weighted by Crippen LogP contribution is -2.29. The van der Waals surface area contributed by atoms with E-state index in [4.69, 9.17) is 12.2 Å². The van der Waals surface area contributed by atoms with Crippen LogP contribution in [-0.4, -0.2) is 23.7 Å². The maximum absolute atomic E-state index is 5.26. The van der Waals surface area contributed by atoms with E-state index < -0.39 is 0 Å². The van der Waals surface area contributed by atoms with Gasteiger partial charge in [0.1, 0.15) is 0 Å². The van der Waals surface area contributed by atoms with E-state index >= 15 is 0 Å². The fourth-order valence-electron chi connectivity index (χ4n) is 1.54. The van der Waals surface area contributed by atoms with Crippen LogP contribution < -0.4 is 10.6 Å². The summed E-state index contributed by atoms with van der Waals surface area (Å²) in [6.07, 6.45) is 4.27. The first-order valence-corrected chi connectivity index (χ1v) is 7.69. The van der Waals surface area contributed by atoms with E-state index in [0.29, 0.717) is 5.11 Å². The smallest absolute Gasteiger partial charge is 0.170 e. The maximum atomic E-state index is 5.26. The zero-order chi connectivity index (χ0) is 12.5. The van der Waals surface area contributed by atoms with Gasteiger partial charge in [0.2, 0.25) is 0 Å². The fraction of sp³-hybridized carbons (Fsp3) is 0.462. The van der Waals surface area contributed by atoms with Crippen LogP contribution in [0.4, 0.5) is 5.69 Å². The van der Waals surface area contributed by atoms with E-state index in [1.165, 1.54) is 11.3 Å². The van der Waals surface area contributed by atoms with Gasteiger partial charge >= 0.3 is 0 Å². The van der Waals surface area contributed by atoms with Crippen LogP contribution in [0.1, 0.15) is 18.9 Å². The van der Waals surface area contributed by atoms with E-state index in [-0.39, 0.29) is 0 Å². The molecule has 0 heterocycles. The number of thioether (sulfide) groups is 1. The molecule has 94 valence electrons. The first-order chi connectivity index (χ1) is 8.27. The number of benzene rings is 1. The van der Waals surface area contributed by atoms with E-state index in [2.05, 4.69) is 42.0 Å². The van der Waals surface area contributed by atoms with E-state index in [9.17, 15) is 0 Å². The lowest BCUT2D eigenvalue weighted by molar-refractivity contribution is 0.855. The van der Waals surface area contributed by atoms with Crippen LogP contribution in [-0.2, 0) is 6.42 Å². The lowest BCUT2D eigenvalue weighted by Gasteiger charge is -2.13. The third-order valence-electron chi connectivity index (χ3n) is 2.46. The van der Waals surface area contributed by atoms with Crippen LogP contribution in [0.15, 0.2) is 24.3 Å². The van der Waals surface area contributed by atoms with Gasteiger partial charge in [0.15, 0.2) is 5.11 Å². The predicted octanol–water partition coefficient (Wildman–Crippen LogP) is 3.29. The highest BCUT2D eigenvalue weighted by Crippen LogP contribution is 2.14. The number of nitrogens with one attached hydrogen (secondary N) is 2. The summed E-state index contributed by atoms with van der Waals surface area (Å²) < 4.78 is 0. The number of hydrogen-bond acceptors (Lipinski definition) is 2. The zero-order valence-electron chi connectivity index (χ0n) is 10.5. The number of thiocarbonyl (C=S) groups is 1. The van der Waals surface area contributed by atoms with Crippen molar-refractivity contribution >= 4 is 34.8 Å². The molecule has 1 rings (SSSR count). The molecule has 0 saturated carbocycles. The summed E-state index contributed by atoms with van der Waals surface area (Å²) in [5.41, 5.74) is 2.40. The molecule has 0 atom stereocenters. The minimum Gasteiger partial charge on any atom is -0.362 e. The highest BCUT2D eigenvalue weighted by Gasteiger charge is 2.01. The summed E-state index contributed by atoms with van der Waals surface area (Å²) in [6.45, 7) is 3.08. The van der Waals surface area contributed by atoms with Crippen molar-refractivity contribution in [2.24, 2.45) is 0 Å². The number of rotatable bonds is 6. The van der Waals surface area contributed by atoms with E-state index in [0.717, 1.165) is 25.1 Å². The third kappa shape index (κ3) is 5.41. The normalized spacial score (nSPS) is 10.0. The van der Waals surface area contributed by atoms with Gasteiger partial charge in [-0.2, -0.15) is 11.8 Å². The van der Waals surface area contributed by atoms with Crippen LogP contribution in [0, 0.1) is 0 Å². The number of anilines is 1. The molecular formula is C13H20N2S2. The van der Waals surface area contributed by atoms with Gasteiger partial charge in [-0.05, 0) is 48.7 Å². The average molecular weight is 268 g/mol. The topological polar surface area (TPSA) is 24.1 Å². The molecule has 0 bridgehead atoms. The summed E-state index contributed by atoms with van der Waals surface area (Å²) in [5, 5.41) is 7.19. The van der Waals surface area contributed by atoms with Gasteiger partial charge in [0, 0.05) is 12.2 Å². The van der Waals surface area contributed by atoms with Gasteiger partial charge in [-0.25, -0.2) is 0 Å². The molecule has 17 heavy (non-hydrogen) atoms. The van der Waals surface area contributed by atoms with Crippen LogP contribution in [0.5, 0.6) is 0 Å². The minimum absolute atomic E-state index is 0.715. The molecular weight excluding hydrogens is 248 g/mol. The summed E-state index contributed by atoms with van der Waals surface area (Å²) in [5.74, 6) is 1.17. The Morgan fingerprint density at radius 2 is 2.12 bits per heavy atom. The monoisotopic (exact) mass is 268 g/mol. The van der Waals surface area contributed by atoms with Crippen molar-refractivity contribution in [3.8, 4) is 0 Å². The number of para-hydroxylation sites is 1. The van der Waals surface area contributed by atoms with Gasteiger partial charge in [-0.15, -0.1) is 0 Å². The predicted molar refractivity (Wildman–Crippen MR) is 83.0 cm³/mol. The van der Waals surface area contributed by atoms with Crippen molar-refractivity contribution < 1.29 is 0 Å². The number of aryl methyl sites for hydroxylation is 1. The van der Waals surface area contributed by atoms with Crippen molar-refractivity contribution in [1.82, 2.24) is 5.32 Å². The molecule has 2 nitrogen and oxygen atoms in total. The Kier molecular flexibility index (Phi) is 7.05. The Labute approximate surface area is 114 Å².